The zero-order chi connectivity index (χ0) is 26.3. The summed E-state index contributed by atoms with van der Waals surface area (Å²) in [6.45, 7) is 1.46. The summed E-state index contributed by atoms with van der Waals surface area (Å²) in [5.74, 6) is 0.771. The highest BCUT2D eigenvalue weighted by atomic mass is 16.3. The number of amidine groups is 1. The van der Waals surface area contributed by atoms with Gasteiger partial charge in [-0.15, -0.1) is 0 Å². The molecule has 3 heterocycles. The van der Waals surface area contributed by atoms with Crippen molar-refractivity contribution in [3.05, 3.63) is 106 Å². The number of benzene rings is 3. The first-order valence-electron chi connectivity index (χ1n) is 12.1. The van der Waals surface area contributed by atoms with Crippen molar-refractivity contribution in [2.45, 2.75) is 19.0 Å². The van der Waals surface area contributed by atoms with Crippen LogP contribution in [0.15, 0.2) is 104 Å². The predicted molar refractivity (Wildman–Crippen MR) is 148 cm³/mol. The molecule has 0 aliphatic carbocycles. The molecule has 1 amide bonds. The molecule has 0 radical (unpaired) electrons. The van der Waals surface area contributed by atoms with E-state index in [4.69, 9.17) is 10.2 Å². The average Bonchev–Trinajstić information content (AvgIpc) is 3.35. The van der Waals surface area contributed by atoms with Gasteiger partial charge in [0, 0.05) is 24.6 Å². The molecule has 188 valence electrons. The maximum Gasteiger partial charge on any atom is 0.221 e. The van der Waals surface area contributed by atoms with E-state index >= 15 is 0 Å². The smallest absolute Gasteiger partial charge is 0.221 e. The largest absolute Gasteiger partial charge is 0.460 e. The molecule has 4 aromatic rings. The lowest BCUT2D eigenvalue weighted by Crippen LogP contribution is -2.47. The lowest BCUT2D eigenvalue weighted by molar-refractivity contribution is -0.114. The molecular weight excluding hydrogens is 480 g/mol. The number of rotatable bonds is 5. The van der Waals surface area contributed by atoms with Gasteiger partial charge in [-0.2, -0.15) is 0 Å². The van der Waals surface area contributed by atoms with E-state index in [1.54, 1.807) is 18.2 Å². The van der Waals surface area contributed by atoms with Crippen LogP contribution in [-0.4, -0.2) is 23.7 Å². The molecule has 0 fully saturated rings. The van der Waals surface area contributed by atoms with Gasteiger partial charge in [0.15, 0.2) is 5.84 Å². The fourth-order valence-corrected chi connectivity index (χ4v) is 4.90. The van der Waals surface area contributed by atoms with Gasteiger partial charge in [0.1, 0.15) is 23.3 Å². The van der Waals surface area contributed by atoms with Gasteiger partial charge in [0.05, 0.1) is 22.2 Å². The highest BCUT2D eigenvalue weighted by molar-refractivity contribution is 6.13. The number of amides is 1. The Morgan fingerprint density at radius 1 is 1.00 bits per heavy atom. The van der Waals surface area contributed by atoms with Crippen molar-refractivity contribution in [1.82, 2.24) is 10.9 Å². The van der Waals surface area contributed by atoms with Crippen molar-refractivity contribution < 1.29 is 9.21 Å². The summed E-state index contributed by atoms with van der Waals surface area (Å²) < 4.78 is 6.34. The van der Waals surface area contributed by atoms with E-state index in [0.717, 1.165) is 11.1 Å². The summed E-state index contributed by atoms with van der Waals surface area (Å²) in [4.78, 5) is 34.3. The second-order valence-electron chi connectivity index (χ2n) is 9.18. The van der Waals surface area contributed by atoms with Crippen molar-refractivity contribution >= 4 is 40.4 Å². The number of hydrogen-bond acceptors (Lipinski definition) is 8. The number of para-hydroxylation sites is 1. The Kier molecular flexibility index (Phi) is 5.62. The number of anilines is 1. The van der Waals surface area contributed by atoms with Crippen LogP contribution in [0.2, 0.25) is 0 Å². The quantitative estimate of drug-likeness (QED) is 0.328. The standard InChI is InChI=1S/C29H24N6O3/c1-17(36)33-20-11-7-10-19(14-20)26-25-28(35-34-26)31-16-32-29(25,30)15-23-24(18-8-3-2-4-9-18)27(37)21-12-5-6-13-22(21)38-23/h2-14,16H,15,30H2,1H3,(H,33,36)(H2,31,32,34,35). The number of hydrazine groups is 1. The molecule has 1 unspecified atom stereocenters. The minimum atomic E-state index is -1.31. The van der Waals surface area contributed by atoms with Gasteiger partial charge in [0.25, 0.3) is 0 Å². The van der Waals surface area contributed by atoms with Crippen LogP contribution in [0.5, 0.6) is 0 Å². The Bertz CT molecular complexity index is 1740. The minimum absolute atomic E-state index is 0.0976. The van der Waals surface area contributed by atoms with Crippen molar-refractivity contribution in [1.29, 1.82) is 0 Å². The number of aliphatic imine (C=N–C) groups is 2. The van der Waals surface area contributed by atoms with Crippen LogP contribution in [-0.2, 0) is 11.2 Å². The van der Waals surface area contributed by atoms with E-state index in [2.05, 4.69) is 26.2 Å². The number of nitrogens with zero attached hydrogens (tertiary/aromatic N) is 2. The summed E-state index contributed by atoms with van der Waals surface area (Å²) in [6, 6.07) is 24.0. The van der Waals surface area contributed by atoms with Crippen molar-refractivity contribution in [2.24, 2.45) is 15.7 Å². The summed E-state index contributed by atoms with van der Waals surface area (Å²) in [5, 5.41) is 3.29. The third-order valence-electron chi connectivity index (χ3n) is 6.54. The molecule has 0 spiro atoms. The van der Waals surface area contributed by atoms with Gasteiger partial charge in [-0.05, 0) is 29.8 Å². The second kappa shape index (κ2) is 9.13. The van der Waals surface area contributed by atoms with Gasteiger partial charge in [-0.3, -0.25) is 20.4 Å². The number of nitrogens with one attached hydrogen (secondary N) is 3. The average molecular weight is 505 g/mol. The maximum atomic E-state index is 13.7. The van der Waals surface area contributed by atoms with Crippen molar-refractivity contribution in [3.8, 4) is 11.1 Å². The lowest BCUT2D eigenvalue weighted by Gasteiger charge is -2.29. The highest BCUT2D eigenvalue weighted by Crippen LogP contribution is 2.35. The van der Waals surface area contributed by atoms with Gasteiger partial charge >= 0.3 is 0 Å². The van der Waals surface area contributed by atoms with Crippen LogP contribution in [0.25, 0.3) is 27.8 Å². The Labute approximate surface area is 217 Å². The zero-order valence-corrected chi connectivity index (χ0v) is 20.5. The fourth-order valence-electron chi connectivity index (χ4n) is 4.90. The number of carbonyl (C=O) groups excluding carboxylic acids is 1. The minimum Gasteiger partial charge on any atom is -0.460 e. The molecule has 2 aliphatic rings. The molecule has 0 saturated carbocycles. The van der Waals surface area contributed by atoms with Gasteiger partial charge in [-0.1, -0.05) is 54.6 Å². The van der Waals surface area contributed by atoms with Crippen LogP contribution in [0.4, 0.5) is 5.69 Å². The SMILES string of the molecule is CC(=O)Nc1cccc(C2=C3C(=NC=NC3(N)Cc3oc4ccccc4c(=O)c3-c3ccccc3)NN2)c1. The first kappa shape index (κ1) is 23.4. The zero-order valence-electron chi connectivity index (χ0n) is 20.5. The van der Waals surface area contributed by atoms with Crippen LogP contribution < -0.4 is 27.3 Å². The molecule has 3 aromatic carbocycles. The second-order valence-corrected chi connectivity index (χ2v) is 9.18. The van der Waals surface area contributed by atoms with Gasteiger partial charge < -0.3 is 15.5 Å². The van der Waals surface area contributed by atoms with E-state index in [-0.39, 0.29) is 17.8 Å². The van der Waals surface area contributed by atoms with Crippen LogP contribution >= 0.6 is 0 Å². The number of carbonyl (C=O) groups is 1. The molecule has 6 rings (SSSR count). The van der Waals surface area contributed by atoms with Crippen molar-refractivity contribution in [3.63, 3.8) is 0 Å². The summed E-state index contributed by atoms with van der Waals surface area (Å²) >= 11 is 0. The molecule has 1 aromatic heterocycles. The van der Waals surface area contributed by atoms with Crippen LogP contribution in [0.1, 0.15) is 18.2 Å². The van der Waals surface area contributed by atoms with Gasteiger partial charge in [-0.25, -0.2) is 9.98 Å². The number of fused-ring (bicyclic) bond motifs is 2. The molecule has 1 atom stereocenters. The summed E-state index contributed by atoms with van der Waals surface area (Å²) in [5.41, 5.74) is 16.2. The fraction of sp³-hybridized carbons (Fsp3) is 0.103. The topological polar surface area (TPSA) is 134 Å². The van der Waals surface area contributed by atoms with Crippen LogP contribution in [0.3, 0.4) is 0 Å². The van der Waals surface area contributed by atoms with E-state index in [1.165, 1.54) is 13.3 Å². The van der Waals surface area contributed by atoms with Gasteiger partial charge in [0.2, 0.25) is 11.3 Å². The molecule has 0 saturated heterocycles. The summed E-state index contributed by atoms with van der Waals surface area (Å²) in [7, 11) is 0. The molecule has 5 N–H and O–H groups in total. The predicted octanol–water partition coefficient (Wildman–Crippen LogP) is 3.58. The van der Waals surface area contributed by atoms with Crippen LogP contribution in [0, 0.1) is 0 Å². The Hall–Kier alpha value is -5.02. The Balaban J connectivity index is 1.51. The lowest BCUT2D eigenvalue weighted by atomic mass is 9.88. The third kappa shape index (κ3) is 4.04. The molecule has 9 heteroatoms. The van der Waals surface area contributed by atoms with E-state index in [9.17, 15) is 9.59 Å². The van der Waals surface area contributed by atoms with Crippen molar-refractivity contribution in [2.75, 3.05) is 5.32 Å². The molecule has 2 aliphatic heterocycles. The monoisotopic (exact) mass is 504 g/mol. The first-order valence-corrected chi connectivity index (χ1v) is 12.1. The van der Waals surface area contributed by atoms with E-state index in [1.807, 2.05) is 60.7 Å². The highest BCUT2D eigenvalue weighted by Gasteiger charge is 2.42. The normalized spacial score (nSPS) is 18.0. The molecular formula is C29H24N6O3. The van der Waals surface area contributed by atoms with E-state index in [0.29, 0.717) is 45.1 Å². The number of hydrogen-bond donors (Lipinski definition) is 4. The Morgan fingerprint density at radius 2 is 1.76 bits per heavy atom. The maximum absolute atomic E-state index is 13.7. The first-order chi connectivity index (χ1) is 18.4. The summed E-state index contributed by atoms with van der Waals surface area (Å²) in [6.07, 6.45) is 1.51. The molecule has 0 bridgehead atoms. The molecule has 38 heavy (non-hydrogen) atoms. The van der Waals surface area contributed by atoms with E-state index < -0.39 is 5.66 Å². The molecule has 9 nitrogen and oxygen atoms in total. The third-order valence-corrected chi connectivity index (χ3v) is 6.54. The number of nitrogens with two attached hydrogens (primary N) is 1. The Morgan fingerprint density at radius 3 is 2.58 bits per heavy atom.